The van der Waals surface area contributed by atoms with E-state index in [2.05, 4.69) is 31.9 Å². The Morgan fingerprint density at radius 3 is 1.88 bits per heavy atom. The van der Waals surface area contributed by atoms with E-state index in [1.807, 2.05) is 0 Å². The van der Waals surface area contributed by atoms with Crippen LogP contribution < -0.4 is 0 Å². The van der Waals surface area contributed by atoms with E-state index in [9.17, 15) is 4.79 Å². The van der Waals surface area contributed by atoms with Crippen molar-refractivity contribution in [2.24, 2.45) is 0 Å². The highest BCUT2D eigenvalue weighted by molar-refractivity contribution is 9.25. The van der Waals surface area contributed by atoms with Gasteiger partial charge in [-0.2, -0.15) is 0 Å². The lowest BCUT2D eigenvalue weighted by Gasteiger charge is -2.09. The number of nitrogens with zero attached hydrogens (tertiary/aromatic N) is 1. The zero-order chi connectivity index (χ0) is 6.73. The molecule has 0 spiro atoms. The van der Waals surface area contributed by atoms with Gasteiger partial charge in [-0.05, 0) is 0 Å². The number of carbonyl (C=O) groups is 1. The molecule has 0 N–H and O–H groups in total. The molecule has 0 aliphatic rings. The number of carbonyl (C=O) groups excluding carboxylic acids is 1. The van der Waals surface area contributed by atoms with Crippen molar-refractivity contribution in [3.63, 3.8) is 0 Å². The van der Waals surface area contributed by atoms with Gasteiger partial charge < -0.3 is 4.90 Å². The number of hydrogen-bond acceptors (Lipinski definition) is 1. The molecule has 0 bridgehead atoms. The van der Waals surface area contributed by atoms with E-state index in [1.165, 1.54) is 4.90 Å². The Kier molecular flexibility index (Phi) is 3.64. The second kappa shape index (κ2) is 3.45. The van der Waals surface area contributed by atoms with Crippen LogP contribution in [-0.4, -0.2) is 28.6 Å². The average Bonchev–Trinajstić information content (AvgIpc) is 1.64. The molecule has 0 fully saturated rings. The van der Waals surface area contributed by atoms with E-state index in [0.29, 0.717) is 0 Å². The van der Waals surface area contributed by atoms with E-state index < -0.39 is 0 Å². The second-order valence-corrected chi connectivity index (χ2v) is 4.59. The smallest absolute Gasteiger partial charge is 0.246 e. The van der Waals surface area contributed by atoms with Crippen LogP contribution in [0, 0.1) is 0 Å². The van der Waals surface area contributed by atoms with Gasteiger partial charge in [0.25, 0.3) is 0 Å². The van der Waals surface area contributed by atoms with Crippen LogP contribution in [0.3, 0.4) is 0 Å². The first-order valence-corrected chi connectivity index (χ1v) is 3.88. The molecule has 0 aromatic heterocycles. The summed E-state index contributed by atoms with van der Waals surface area (Å²) in [6.45, 7) is 0. The third kappa shape index (κ3) is 2.67. The predicted molar refractivity (Wildman–Crippen MR) is 40.3 cm³/mol. The minimum atomic E-state index is -0.245. The van der Waals surface area contributed by atoms with Gasteiger partial charge in [0, 0.05) is 14.1 Å². The van der Waals surface area contributed by atoms with Crippen LogP contribution in [0.4, 0.5) is 0 Å². The van der Waals surface area contributed by atoms with Crippen LogP contribution in [0.25, 0.3) is 0 Å². The summed E-state index contributed by atoms with van der Waals surface area (Å²) in [5.74, 6) is 0.0185. The first kappa shape index (κ1) is 8.43. The number of rotatable bonds is 1. The molecule has 0 saturated heterocycles. The maximum atomic E-state index is 10.7. The standard InChI is InChI=1S/C4H7Br2NO/c1-7(2)4(8)3(5)6/h3H,1-2H3. The molecular formula is C4H7Br2NO. The molecule has 48 valence electrons. The molecule has 0 rings (SSSR count). The Bertz CT molecular complexity index is 82.0. The number of alkyl halides is 2. The van der Waals surface area contributed by atoms with Gasteiger partial charge in [0.1, 0.15) is 3.74 Å². The molecule has 0 aromatic rings. The lowest BCUT2D eigenvalue weighted by molar-refractivity contribution is -0.126. The Labute approximate surface area is 65.5 Å². The molecule has 1 amide bonds. The van der Waals surface area contributed by atoms with Crippen molar-refractivity contribution in [2.45, 2.75) is 3.74 Å². The summed E-state index contributed by atoms with van der Waals surface area (Å²) in [6.07, 6.45) is 0. The van der Waals surface area contributed by atoms with Crippen LogP contribution in [0.5, 0.6) is 0 Å². The van der Waals surface area contributed by atoms with E-state index in [-0.39, 0.29) is 9.64 Å². The van der Waals surface area contributed by atoms with Gasteiger partial charge in [-0.1, -0.05) is 31.9 Å². The summed E-state index contributed by atoms with van der Waals surface area (Å²) in [4.78, 5) is 12.2. The summed E-state index contributed by atoms with van der Waals surface area (Å²) in [6, 6.07) is 0. The van der Waals surface area contributed by atoms with Gasteiger partial charge in [-0.15, -0.1) is 0 Å². The molecule has 4 heteroatoms. The molecule has 0 radical (unpaired) electrons. The molecule has 0 atom stereocenters. The van der Waals surface area contributed by atoms with Crippen LogP contribution in [-0.2, 0) is 4.79 Å². The third-order valence-electron chi connectivity index (χ3n) is 0.627. The van der Waals surface area contributed by atoms with Crippen molar-refractivity contribution in [3.8, 4) is 0 Å². The summed E-state index contributed by atoms with van der Waals surface area (Å²) in [5.41, 5.74) is 0. The van der Waals surface area contributed by atoms with Crippen molar-refractivity contribution in [1.29, 1.82) is 0 Å². The highest BCUT2D eigenvalue weighted by atomic mass is 79.9. The second-order valence-electron chi connectivity index (χ2n) is 1.53. The summed E-state index contributed by atoms with van der Waals surface area (Å²) >= 11 is 6.13. The SMILES string of the molecule is CN(C)C(=O)C(Br)Br. The Hall–Kier alpha value is 0.430. The molecule has 0 unspecified atom stereocenters. The highest BCUT2D eigenvalue weighted by Crippen LogP contribution is 2.09. The van der Waals surface area contributed by atoms with E-state index in [4.69, 9.17) is 0 Å². The summed E-state index contributed by atoms with van der Waals surface area (Å²) in [5, 5.41) is 0. The quantitative estimate of drug-likeness (QED) is 0.635. The monoisotopic (exact) mass is 243 g/mol. The number of amides is 1. The Balaban J connectivity index is 3.65. The maximum Gasteiger partial charge on any atom is 0.246 e. The molecule has 0 aliphatic heterocycles. The van der Waals surface area contributed by atoms with Crippen LogP contribution in [0.2, 0.25) is 0 Å². The minimum Gasteiger partial charge on any atom is -0.347 e. The topological polar surface area (TPSA) is 20.3 Å². The van der Waals surface area contributed by atoms with E-state index >= 15 is 0 Å². The fraction of sp³-hybridized carbons (Fsp3) is 0.750. The third-order valence-corrected chi connectivity index (χ3v) is 1.41. The number of hydrogen-bond donors (Lipinski definition) is 0. The molecule has 8 heavy (non-hydrogen) atoms. The van der Waals surface area contributed by atoms with Crippen LogP contribution in [0.1, 0.15) is 0 Å². The molecular weight excluding hydrogens is 238 g/mol. The largest absolute Gasteiger partial charge is 0.347 e. The predicted octanol–water partition coefficient (Wildman–Crippen LogP) is 1.19. The van der Waals surface area contributed by atoms with Gasteiger partial charge >= 0.3 is 0 Å². The van der Waals surface area contributed by atoms with Crippen molar-refractivity contribution >= 4 is 37.8 Å². The van der Waals surface area contributed by atoms with E-state index in [0.717, 1.165) is 0 Å². The van der Waals surface area contributed by atoms with Gasteiger partial charge in [-0.3, -0.25) is 4.79 Å². The normalized spacial score (nSPS) is 9.62. The van der Waals surface area contributed by atoms with Gasteiger partial charge in [0.15, 0.2) is 0 Å². The zero-order valence-electron chi connectivity index (χ0n) is 4.69. The fourth-order valence-corrected chi connectivity index (χ4v) is 1.01. The zero-order valence-corrected chi connectivity index (χ0v) is 7.86. The summed E-state index contributed by atoms with van der Waals surface area (Å²) in [7, 11) is 3.41. The molecule has 0 saturated carbocycles. The van der Waals surface area contributed by atoms with Crippen molar-refractivity contribution in [2.75, 3.05) is 14.1 Å². The van der Waals surface area contributed by atoms with Gasteiger partial charge in [-0.25, -0.2) is 0 Å². The minimum absolute atomic E-state index is 0.0185. The highest BCUT2D eigenvalue weighted by Gasteiger charge is 2.10. The van der Waals surface area contributed by atoms with Gasteiger partial charge in [0.2, 0.25) is 5.91 Å². The first-order chi connectivity index (χ1) is 3.55. The number of halogens is 2. The van der Waals surface area contributed by atoms with Crippen LogP contribution >= 0.6 is 31.9 Å². The lowest BCUT2D eigenvalue weighted by Crippen LogP contribution is -2.26. The molecule has 0 aliphatic carbocycles. The molecule has 0 aromatic carbocycles. The van der Waals surface area contributed by atoms with Gasteiger partial charge in [0.05, 0.1) is 0 Å². The maximum absolute atomic E-state index is 10.7. The Morgan fingerprint density at radius 2 is 1.88 bits per heavy atom. The Morgan fingerprint density at radius 1 is 1.50 bits per heavy atom. The first-order valence-electron chi connectivity index (χ1n) is 2.05. The summed E-state index contributed by atoms with van der Waals surface area (Å²) < 4.78 is -0.245. The molecule has 0 heterocycles. The van der Waals surface area contributed by atoms with Crippen molar-refractivity contribution in [1.82, 2.24) is 4.90 Å². The van der Waals surface area contributed by atoms with Crippen molar-refractivity contribution < 1.29 is 4.79 Å². The van der Waals surface area contributed by atoms with Crippen molar-refractivity contribution in [3.05, 3.63) is 0 Å². The van der Waals surface area contributed by atoms with Crippen LogP contribution in [0.15, 0.2) is 0 Å². The lowest BCUT2D eigenvalue weighted by atomic mass is 10.6. The average molecular weight is 245 g/mol. The van der Waals surface area contributed by atoms with E-state index in [1.54, 1.807) is 14.1 Å². The molecule has 2 nitrogen and oxygen atoms in total. The fourth-order valence-electron chi connectivity index (χ4n) is 0.195.